The number of benzene rings is 2. The largest absolute Gasteiger partial charge is 0.486 e. The lowest BCUT2D eigenvalue weighted by molar-refractivity contribution is -0.132. The average Bonchev–Trinajstić information content (AvgIpc) is 2.82. The highest BCUT2D eigenvalue weighted by atomic mass is 32.2. The Bertz CT molecular complexity index is 1000. The van der Waals surface area contributed by atoms with E-state index in [2.05, 4.69) is 0 Å². The zero-order valence-corrected chi connectivity index (χ0v) is 18.4. The van der Waals surface area contributed by atoms with Crippen LogP contribution in [0, 0.1) is 0 Å². The highest BCUT2D eigenvalue weighted by Crippen LogP contribution is 2.33. The van der Waals surface area contributed by atoms with Gasteiger partial charge in [0.2, 0.25) is 15.9 Å². The molecule has 166 valence electrons. The van der Waals surface area contributed by atoms with E-state index in [1.165, 1.54) is 16.4 Å². The first-order chi connectivity index (χ1) is 15.0. The Kier molecular flexibility index (Phi) is 6.77. The molecular formula is C23H28N2O5S. The zero-order chi connectivity index (χ0) is 21.7. The molecule has 0 spiro atoms. The molecule has 1 amide bonds. The van der Waals surface area contributed by atoms with Crippen molar-refractivity contribution in [1.82, 2.24) is 9.21 Å². The molecule has 2 heterocycles. The SMILES string of the molecule is O=C(CN(CCc1ccccc1)S(=O)(=O)c1ccc2c(c1)OCCO2)N1CCCCC1. The number of amides is 1. The average molecular weight is 445 g/mol. The molecule has 0 bridgehead atoms. The number of nitrogens with zero attached hydrogens (tertiary/aromatic N) is 2. The molecule has 0 saturated carbocycles. The molecule has 31 heavy (non-hydrogen) atoms. The Morgan fingerprint density at radius 2 is 1.65 bits per heavy atom. The Labute approximate surface area is 183 Å². The summed E-state index contributed by atoms with van der Waals surface area (Å²) in [7, 11) is -3.89. The summed E-state index contributed by atoms with van der Waals surface area (Å²) in [4.78, 5) is 14.8. The monoisotopic (exact) mass is 444 g/mol. The molecule has 1 saturated heterocycles. The minimum atomic E-state index is -3.89. The fourth-order valence-corrected chi connectivity index (χ4v) is 5.32. The summed E-state index contributed by atoms with van der Waals surface area (Å²) < 4.78 is 39.4. The third-order valence-electron chi connectivity index (χ3n) is 5.66. The summed E-state index contributed by atoms with van der Waals surface area (Å²) in [6.07, 6.45) is 3.56. The molecule has 4 rings (SSSR count). The van der Waals surface area contributed by atoms with Gasteiger partial charge in [0, 0.05) is 25.7 Å². The minimum Gasteiger partial charge on any atom is -0.486 e. The van der Waals surface area contributed by atoms with E-state index in [1.54, 1.807) is 11.0 Å². The molecule has 2 aliphatic heterocycles. The first-order valence-corrected chi connectivity index (χ1v) is 12.2. The number of sulfonamides is 1. The lowest BCUT2D eigenvalue weighted by Gasteiger charge is -2.30. The van der Waals surface area contributed by atoms with Crippen LogP contribution in [-0.4, -0.2) is 62.9 Å². The highest BCUT2D eigenvalue weighted by molar-refractivity contribution is 7.89. The van der Waals surface area contributed by atoms with Crippen LogP contribution in [0.1, 0.15) is 24.8 Å². The zero-order valence-electron chi connectivity index (χ0n) is 17.5. The van der Waals surface area contributed by atoms with Crippen molar-refractivity contribution in [3.63, 3.8) is 0 Å². The van der Waals surface area contributed by atoms with E-state index in [9.17, 15) is 13.2 Å². The Balaban J connectivity index is 1.57. The molecule has 1 fully saturated rings. The van der Waals surface area contributed by atoms with Crippen LogP contribution in [0.25, 0.3) is 0 Å². The number of carbonyl (C=O) groups is 1. The number of hydrogen-bond donors (Lipinski definition) is 0. The van der Waals surface area contributed by atoms with Gasteiger partial charge < -0.3 is 14.4 Å². The van der Waals surface area contributed by atoms with Crippen LogP contribution in [0.2, 0.25) is 0 Å². The van der Waals surface area contributed by atoms with E-state index in [4.69, 9.17) is 9.47 Å². The van der Waals surface area contributed by atoms with Crippen LogP contribution < -0.4 is 9.47 Å². The normalized spacial score (nSPS) is 16.4. The van der Waals surface area contributed by atoms with Gasteiger partial charge in [0.05, 0.1) is 11.4 Å². The second-order valence-electron chi connectivity index (χ2n) is 7.82. The third kappa shape index (κ3) is 5.19. The van der Waals surface area contributed by atoms with Crippen molar-refractivity contribution in [2.45, 2.75) is 30.6 Å². The standard InChI is InChI=1S/C23H28N2O5S/c26-23(24-12-5-2-6-13-24)18-25(14-11-19-7-3-1-4-8-19)31(27,28)20-9-10-21-22(17-20)30-16-15-29-21/h1,3-4,7-10,17H,2,5-6,11-16,18H2. The second-order valence-corrected chi connectivity index (χ2v) is 9.76. The van der Waals surface area contributed by atoms with Crippen molar-refractivity contribution in [3.8, 4) is 11.5 Å². The van der Waals surface area contributed by atoms with Crippen molar-refractivity contribution in [2.24, 2.45) is 0 Å². The summed E-state index contributed by atoms with van der Waals surface area (Å²) in [5.74, 6) is 0.803. The molecule has 0 aliphatic carbocycles. The Morgan fingerprint density at radius 1 is 0.935 bits per heavy atom. The number of fused-ring (bicyclic) bond motifs is 1. The van der Waals surface area contributed by atoms with Crippen LogP contribution in [0.15, 0.2) is 53.4 Å². The number of carbonyl (C=O) groups excluding carboxylic acids is 1. The molecule has 2 aliphatic rings. The summed E-state index contributed by atoms with van der Waals surface area (Å²) in [6.45, 7) is 2.25. The Hall–Kier alpha value is -2.58. The van der Waals surface area contributed by atoms with Crippen molar-refractivity contribution < 1.29 is 22.7 Å². The van der Waals surface area contributed by atoms with Crippen LogP contribution in [0.4, 0.5) is 0 Å². The van der Waals surface area contributed by atoms with Gasteiger partial charge in [-0.1, -0.05) is 30.3 Å². The van der Waals surface area contributed by atoms with Gasteiger partial charge in [-0.3, -0.25) is 4.79 Å². The van der Waals surface area contributed by atoms with E-state index in [1.807, 2.05) is 30.3 Å². The van der Waals surface area contributed by atoms with Gasteiger partial charge in [0.15, 0.2) is 11.5 Å². The van der Waals surface area contributed by atoms with E-state index >= 15 is 0 Å². The van der Waals surface area contributed by atoms with Crippen molar-refractivity contribution >= 4 is 15.9 Å². The smallest absolute Gasteiger partial charge is 0.243 e. The highest BCUT2D eigenvalue weighted by Gasteiger charge is 2.30. The van der Waals surface area contributed by atoms with Crippen LogP contribution in [-0.2, 0) is 21.2 Å². The predicted molar refractivity (Wildman–Crippen MR) is 117 cm³/mol. The molecule has 0 N–H and O–H groups in total. The fourth-order valence-electron chi connectivity index (χ4n) is 3.91. The lowest BCUT2D eigenvalue weighted by Crippen LogP contribution is -2.45. The minimum absolute atomic E-state index is 0.108. The summed E-state index contributed by atoms with van der Waals surface area (Å²) >= 11 is 0. The molecule has 8 heteroatoms. The third-order valence-corrected chi connectivity index (χ3v) is 7.51. The quantitative estimate of drug-likeness (QED) is 0.656. The van der Waals surface area contributed by atoms with Crippen LogP contribution >= 0.6 is 0 Å². The van der Waals surface area contributed by atoms with Crippen molar-refractivity contribution in [3.05, 3.63) is 54.1 Å². The maximum Gasteiger partial charge on any atom is 0.243 e. The summed E-state index contributed by atoms with van der Waals surface area (Å²) in [6, 6.07) is 14.3. The predicted octanol–water partition coefficient (Wildman–Crippen LogP) is 2.70. The van der Waals surface area contributed by atoms with E-state index < -0.39 is 10.0 Å². The van der Waals surface area contributed by atoms with Gasteiger partial charge in [0.1, 0.15) is 13.2 Å². The molecule has 0 radical (unpaired) electrons. The van der Waals surface area contributed by atoms with Gasteiger partial charge >= 0.3 is 0 Å². The number of rotatable bonds is 7. The lowest BCUT2D eigenvalue weighted by atomic mass is 10.1. The number of piperidine rings is 1. The molecule has 2 aromatic carbocycles. The molecule has 0 aromatic heterocycles. The first kappa shape index (κ1) is 21.6. The maximum absolute atomic E-state index is 13.5. The van der Waals surface area contributed by atoms with Crippen molar-refractivity contribution in [2.75, 3.05) is 39.4 Å². The summed E-state index contributed by atoms with van der Waals surface area (Å²) in [5.41, 5.74) is 1.02. The Morgan fingerprint density at radius 3 is 2.39 bits per heavy atom. The van der Waals surface area contributed by atoms with Gasteiger partial charge in [-0.05, 0) is 43.4 Å². The van der Waals surface area contributed by atoms with Gasteiger partial charge in [-0.25, -0.2) is 8.42 Å². The van der Waals surface area contributed by atoms with Crippen LogP contribution in [0.3, 0.4) is 0 Å². The van der Waals surface area contributed by atoms with E-state index in [0.29, 0.717) is 44.2 Å². The van der Waals surface area contributed by atoms with Gasteiger partial charge in [-0.2, -0.15) is 4.31 Å². The molecule has 2 aromatic rings. The summed E-state index contributed by atoms with van der Waals surface area (Å²) in [5, 5.41) is 0. The van der Waals surface area contributed by atoms with Gasteiger partial charge in [-0.15, -0.1) is 0 Å². The fraction of sp³-hybridized carbons (Fsp3) is 0.435. The molecule has 0 atom stereocenters. The van der Waals surface area contributed by atoms with Crippen molar-refractivity contribution in [1.29, 1.82) is 0 Å². The maximum atomic E-state index is 13.5. The van der Waals surface area contributed by atoms with E-state index in [0.717, 1.165) is 24.8 Å². The number of ether oxygens (including phenoxy) is 2. The number of likely N-dealkylation sites (tertiary alicyclic amines) is 1. The molecule has 0 unspecified atom stereocenters. The second kappa shape index (κ2) is 9.70. The molecular weight excluding hydrogens is 416 g/mol. The first-order valence-electron chi connectivity index (χ1n) is 10.8. The van der Waals surface area contributed by atoms with Crippen LogP contribution in [0.5, 0.6) is 11.5 Å². The topological polar surface area (TPSA) is 76.2 Å². The van der Waals surface area contributed by atoms with E-state index in [-0.39, 0.29) is 23.9 Å². The number of hydrogen-bond acceptors (Lipinski definition) is 5. The van der Waals surface area contributed by atoms with Gasteiger partial charge in [0.25, 0.3) is 0 Å². The molecule has 7 nitrogen and oxygen atoms in total.